The van der Waals surface area contributed by atoms with Crippen LogP contribution in [-0.4, -0.2) is 28.4 Å². The van der Waals surface area contributed by atoms with Crippen LogP contribution in [0.25, 0.3) is 11.3 Å². The van der Waals surface area contributed by atoms with Crippen molar-refractivity contribution in [2.75, 3.05) is 6.61 Å². The number of aliphatic hydroxyl groups excluding tert-OH is 1. The molecule has 3 rings (SSSR count). The first kappa shape index (κ1) is 18.6. The summed E-state index contributed by atoms with van der Waals surface area (Å²) in [5, 5.41) is 10.9. The maximum Gasteiger partial charge on any atom is 0.311 e. The molecule has 1 saturated heterocycles. The van der Waals surface area contributed by atoms with E-state index in [1.807, 2.05) is 19.1 Å². The Morgan fingerprint density at radius 3 is 2.42 bits per heavy atom. The molecule has 2 aromatic rings. The molecule has 140 valence electrons. The molecule has 0 bridgehead atoms. The number of ether oxygens (including phenoxy) is 1. The molecular weight excluding hydrogens is 333 g/mol. The van der Waals surface area contributed by atoms with Gasteiger partial charge in [-0.1, -0.05) is 27.7 Å². The molecule has 0 amide bonds. The molecule has 0 spiro atoms. The second kappa shape index (κ2) is 6.88. The van der Waals surface area contributed by atoms with Crippen molar-refractivity contribution in [3.63, 3.8) is 0 Å². The first-order valence-electron chi connectivity index (χ1n) is 9.06. The lowest BCUT2D eigenvalue weighted by atomic mass is 9.88. The summed E-state index contributed by atoms with van der Waals surface area (Å²) in [6.07, 6.45) is -0.303. The number of rotatable bonds is 3. The fourth-order valence-corrected chi connectivity index (χ4v) is 3.69. The fraction of sp³-hybridized carbons (Fsp3) is 0.476. The first-order chi connectivity index (χ1) is 12.2. The number of hydrogen-bond donors (Lipinski definition) is 1. The van der Waals surface area contributed by atoms with Crippen molar-refractivity contribution in [2.24, 2.45) is 5.92 Å². The highest BCUT2D eigenvalue weighted by Gasteiger charge is 2.41. The van der Waals surface area contributed by atoms with Crippen LogP contribution in [0.1, 0.15) is 45.9 Å². The third-order valence-electron chi connectivity index (χ3n) is 5.10. The van der Waals surface area contributed by atoms with Gasteiger partial charge in [-0.05, 0) is 48.4 Å². The summed E-state index contributed by atoms with van der Waals surface area (Å²) < 4.78 is 20.8. The van der Waals surface area contributed by atoms with Gasteiger partial charge in [0.05, 0.1) is 18.1 Å². The van der Waals surface area contributed by atoms with Crippen LogP contribution in [0.5, 0.6) is 0 Å². The largest absolute Gasteiger partial charge is 0.463 e. The zero-order valence-electron chi connectivity index (χ0n) is 15.7. The van der Waals surface area contributed by atoms with Gasteiger partial charge in [-0.2, -0.15) is 0 Å². The number of hydrogen-bond acceptors (Lipinski definition) is 3. The number of benzene rings is 1. The number of aromatic nitrogens is 1. The highest BCUT2D eigenvalue weighted by Crippen LogP contribution is 2.37. The summed E-state index contributed by atoms with van der Waals surface area (Å²) in [4.78, 5) is 12.0. The van der Waals surface area contributed by atoms with Crippen molar-refractivity contribution in [3.8, 4) is 11.3 Å². The summed E-state index contributed by atoms with van der Waals surface area (Å²) in [6.45, 7) is 8.31. The smallest absolute Gasteiger partial charge is 0.311 e. The van der Waals surface area contributed by atoms with E-state index < -0.39 is 12.0 Å². The highest BCUT2D eigenvalue weighted by molar-refractivity contribution is 5.74. The minimum atomic E-state index is -0.825. The van der Waals surface area contributed by atoms with Crippen molar-refractivity contribution < 1.29 is 19.0 Å². The van der Waals surface area contributed by atoms with Crippen LogP contribution in [0.4, 0.5) is 4.39 Å². The SMILES string of the molecule is CCC1C(=O)OCC(n2c(-c3ccc(F)cc3)ccc2C(C)(C)C)C1O. The summed E-state index contributed by atoms with van der Waals surface area (Å²) in [5.74, 6) is -1.17. The van der Waals surface area contributed by atoms with Gasteiger partial charge >= 0.3 is 5.97 Å². The molecule has 26 heavy (non-hydrogen) atoms. The van der Waals surface area contributed by atoms with E-state index in [1.54, 1.807) is 12.1 Å². The lowest BCUT2D eigenvalue weighted by Crippen LogP contribution is -2.45. The van der Waals surface area contributed by atoms with Crippen LogP contribution < -0.4 is 0 Å². The van der Waals surface area contributed by atoms with Crippen LogP contribution in [0.2, 0.25) is 0 Å². The number of carbonyl (C=O) groups excluding carboxylic acids is 1. The molecule has 3 unspecified atom stereocenters. The molecule has 1 aromatic heterocycles. The van der Waals surface area contributed by atoms with E-state index in [9.17, 15) is 14.3 Å². The maximum atomic E-state index is 13.3. The lowest BCUT2D eigenvalue weighted by molar-refractivity contribution is -0.166. The van der Waals surface area contributed by atoms with Crippen LogP contribution in [0.3, 0.4) is 0 Å². The van der Waals surface area contributed by atoms with Gasteiger partial charge in [0, 0.05) is 16.8 Å². The molecule has 1 aliphatic rings. The Kier molecular flexibility index (Phi) is 4.93. The predicted octanol–water partition coefficient (Wildman–Crippen LogP) is 4.08. The van der Waals surface area contributed by atoms with E-state index in [2.05, 4.69) is 25.3 Å². The van der Waals surface area contributed by atoms with E-state index >= 15 is 0 Å². The molecule has 2 heterocycles. The van der Waals surface area contributed by atoms with Crippen molar-refractivity contribution >= 4 is 5.97 Å². The van der Waals surface area contributed by atoms with Crippen molar-refractivity contribution in [1.29, 1.82) is 0 Å². The Labute approximate surface area is 153 Å². The molecule has 1 aliphatic heterocycles. The Bertz CT molecular complexity index is 789. The van der Waals surface area contributed by atoms with Crippen LogP contribution in [0.15, 0.2) is 36.4 Å². The number of nitrogens with zero attached hydrogens (tertiary/aromatic N) is 1. The average molecular weight is 359 g/mol. The standard InChI is InChI=1S/C21H26FNO3/c1-5-15-19(24)17(12-26-20(15)25)23-16(10-11-18(23)21(2,3)4)13-6-8-14(22)9-7-13/h6-11,15,17,19,24H,5,12H2,1-4H3. The van der Waals surface area contributed by atoms with Gasteiger partial charge in [0.1, 0.15) is 12.4 Å². The van der Waals surface area contributed by atoms with Gasteiger partial charge < -0.3 is 14.4 Å². The van der Waals surface area contributed by atoms with Crippen molar-refractivity contribution in [1.82, 2.24) is 4.57 Å². The molecule has 4 nitrogen and oxygen atoms in total. The minimum absolute atomic E-state index is 0.127. The topological polar surface area (TPSA) is 51.5 Å². The lowest BCUT2D eigenvalue weighted by Gasteiger charge is -2.37. The Hall–Kier alpha value is -2.14. The van der Waals surface area contributed by atoms with E-state index in [-0.39, 0.29) is 29.9 Å². The molecule has 1 fully saturated rings. The van der Waals surface area contributed by atoms with Crippen LogP contribution in [-0.2, 0) is 14.9 Å². The number of halogens is 1. The average Bonchev–Trinajstić information content (AvgIpc) is 3.01. The molecule has 0 aliphatic carbocycles. The molecular formula is C21H26FNO3. The van der Waals surface area contributed by atoms with E-state index in [0.29, 0.717) is 6.42 Å². The number of cyclic esters (lactones) is 1. The van der Waals surface area contributed by atoms with E-state index in [4.69, 9.17) is 4.74 Å². The summed E-state index contributed by atoms with van der Waals surface area (Å²) in [7, 11) is 0. The maximum absolute atomic E-state index is 13.3. The Balaban J connectivity index is 2.13. The summed E-state index contributed by atoms with van der Waals surface area (Å²) in [5.41, 5.74) is 2.61. The highest BCUT2D eigenvalue weighted by atomic mass is 19.1. The molecule has 3 atom stereocenters. The normalized spacial score (nSPS) is 23.8. The van der Waals surface area contributed by atoms with Crippen molar-refractivity contribution in [2.45, 2.75) is 51.7 Å². The Morgan fingerprint density at radius 1 is 1.19 bits per heavy atom. The van der Waals surface area contributed by atoms with Gasteiger partial charge in [0.2, 0.25) is 0 Å². The van der Waals surface area contributed by atoms with Gasteiger partial charge in [-0.15, -0.1) is 0 Å². The van der Waals surface area contributed by atoms with Gasteiger partial charge in [-0.3, -0.25) is 4.79 Å². The summed E-state index contributed by atoms with van der Waals surface area (Å²) in [6, 6.07) is 9.95. The zero-order valence-corrected chi connectivity index (χ0v) is 15.7. The number of esters is 1. The quantitative estimate of drug-likeness (QED) is 0.840. The van der Waals surface area contributed by atoms with Crippen molar-refractivity contribution in [3.05, 3.63) is 47.9 Å². The first-order valence-corrected chi connectivity index (χ1v) is 9.06. The molecule has 1 aromatic carbocycles. The van der Waals surface area contributed by atoms with Crippen LogP contribution >= 0.6 is 0 Å². The van der Waals surface area contributed by atoms with Crippen LogP contribution in [0, 0.1) is 11.7 Å². The molecule has 0 radical (unpaired) electrons. The third-order valence-corrected chi connectivity index (χ3v) is 5.10. The van der Waals surface area contributed by atoms with Gasteiger partial charge in [-0.25, -0.2) is 4.39 Å². The van der Waals surface area contributed by atoms with Gasteiger partial charge in [0.15, 0.2) is 0 Å². The fourth-order valence-electron chi connectivity index (χ4n) is 3.69. The number of carbonyl (C=O) groups is 1. The number of aliphatic hydroxyl groups is 1. The molecule has 0 saturated carbocycles. The Morgan fingerprint density at radius 2 is 1.85 bits per heavy atom. The summed E-state index contributed by atoms with van der Waals surface area (Å²) >= 11 is 0. The van der Waals surface area contributed by atoms with E-state index in [0.717, 1.165) is 17.0 Å². The molecule has 1 N–H and O–H groups in total. The predicted molar refractivity (Wildman–Crippen MR) is 98.3 cm³/mol. The second-order valence-corrected chi connectivity index (χ2v) is 7.93. The minimum Gasteiger partial charge on any atom is -0.463 e. The monoisotopic (exact) mass is 359 g/mol. The second-order valence-electron chi connectivity index (χ2n) is 7.93. The van der Waals surface area contributed by atoms with Gasteiger partial charge in [0.25, 0.3) is 0 Å². The zero-order chi connectivity index (χ0) is 19.1. The molecule has 5 heteroatoms. The third kappa shape index (κ3) is 3.28. The van der Waals surface area contributed by atoms with E-state index in [1.165, 1.54) is 12.1 Å².